The van der Waals surface area contributed by atoms with Crippen molar-refractivity contribution >= 4 is 39.4 Å². The van der Waals surface area contributed by atoms with Gasteiger partial charge in [0.1, 0.15) is 5.75 Å². The van der Waals surface area contributed by atoms with Crippen molar-refractivity contribution in [2.45, 2.75) is 6.92 Å². The van der Waals surface area contributed by atoms with Gasteiger partial charge in [-0.15, -0.1) is 11.3 Å². The highest BCUT2D eigenvalue weighted by atomic mass is 79.9. The predicted molar refractivity (Wildman–Crippen MR) is 79.9 cm³/mol. The Morgan fingerprint density at radius 1 is 1.53 bits per heavy atom. The number of nitrogens with zero attached hydrogens (tertiary/aromatic N) is 1. The molecule has 2 N–H and O–H groups in total. The SMILES string of the molecule is Cc1cc(Br)c(O)c(/C=N\NC(=O)c2cccs2)c1. The lowest BCUT2D eigenvalue weighted by molar-refractivity contribution is 0.0959. The van der Waals surface area contributed by atoms with Crippen LogP contribution in [0.3, 0.4) is 0 Å². The Bertz CT molecular complexity index is 624. The molecule has 0 fully saturated rings. The molecule has 0 aliphatic carbocycles. The van der Waals surface area contributed by atoms with Gasteiger partial charge in [-0.3, -0.25) is 4.79 Å². The lowest BCUT2D eigenvalue weighted by Gasteiger charge is -2.03. The smallest absolute Gasteiger partial charge is 0.281 e. The van der Waals surface area contributed by atoms with Crippen LogP contribution in [0.4, 0.5) is 0 Å². The number of hydrogen-bond donors (Lipinski definition) is 2. The number of nitrogens with one attached hydrogen (secondary N) is 1. The third-order valence-corrected chi connectivity index (χ3v) is 3.83. The van der Waals surface area contributed by atoms with Gasteiger partial charge in [0.15, 0.2) is 0 Å². The lowest BCUT2D eigenvalue weighted by atomic mass is 10.1. The van der Waals surface area contributed by atoms with Crippen molar-refractivity contribution in [3.05, 3.63) is 50.1 Å². The van der Waals surface area contributed by atoms with Crippen LogP contribution in [-0.2, 0) is 0 Å². The van der Waals surface area contributed by atoms with E-state index in [1.807, 2.05) is 12.3 Å². The molecular formula is C13H11BrN2O2S. The number of halogens is 1. The summed E-state index contributed by atoms with van der Waals surface area (Å²) in [5, 5.41) is 15.5. The minimum absolute atomic E-state index is 0.0970. The molecule has 0 spiro atoms. The van der Waals surface area contributed by atoms with Crippen molar-refractivity contribution in [3.8, 4) is 5.75 Å². The second kappa shape index (κ2) is 5.99. The van der Waals surface area contributed by atoms with E-state index in [0.717, 1.165) is 5.56 Å². The molecule has 4 nitrogen and oxygen atoms in total. The summed E-state index contributed by atoms with van der Waals surface area (Å²) in [6.07, 6.45) is 1.42. The van der Waals surface area contributed by atoms with E-state index in [0.29, 0.717) is 14.9 Å². The van der Waals surface area contributed by atoms with Gasteiger partial charge in [-0.1, -0.05) is 6.07 Å². The van der Waals surface area contributed by atoms with Crippen molar-refractivity contribution in [3.63, 3.8) is 0 Å². The summed E-state index contributed by atoms with van der Waals surface area (Å²) < 4.78 is 0.596. The zero-order valence-corrected chi connectivity index (χ0v) is 12.5. The van der Waals surface area contributed by atoms with Crippen LogP contribution in [0.25, 0.3) is 0 Å². The summed E-state index contributed by atoms with van der Waals surface area (Å²) in [4.78, 5) is 12.2. The van der Waals surface area contributed by atoms with Crippen LogP contribution in [-0.4, -0.2) is 17.2 Å². The van der Waals surface area contributed by atoms with Gasteiger partial charge in [0.2, 0.25) is 0 Å². The number of rotatable bonds is 3. The van der Waals surface area contributed by atoms with E-state index in [1.165, 1.54) is 17.6 Å². The summed E-state index contributed by atoms with van der Waals surface area (Å²) in [6.45, 7) is 1.91. The summed E-state index contributed by atoms with van der Waals surface area (Å²) >= 11 is 4.59. The number of aromatic hydroxyl groups is 1. The van der Waals surface area contributed by atoms with E-state index >= 15 is 0 Å². The number of phenols is 1. The third-order valence-electron chi connectivity index (χ3n) is 2.35. The molecule has 1 amide bonds. The number of amides is 1. The molecule has 0 unspecified atom stereocenters. The third kappa shape index (κ3) is 3.42. The zero-order chi connectivity index (χ0) is 13.8. The molecule has 98 valence electrons. The summed E-state index contributed by atoms with van der Waals surface area (Å²) in [5.74, 6) is -0.169. The molecule has 1 aromatic carbocycles. The van der Waals surface area contributed by atoms with Gasteiger partial charge in [-0.2, -0.15) is 5.10 Å². The molecule has 1 aromatic heterocycles. The number of hydrazone groups is 1. The van der Waals surface area contributed by atoms with Crippen LogP contribution in [0, 0.1) is 6.92 Å². The Balaban J connectivity index is 2.09. The van der Waals surface area contributed by atoms with E-state index in [9.17, 15) is 9.90 Å². The first-order valence-corrected chi connectivity index (χ1v) is 7.11. The quantitative estimate of drug-likeness (QED) is 0.666. The lowest BCUT2D eigenvalue weighted by Crippen LogP contribution is -2.16. The van der Waals surface area contributed by atoms with Gasteiger partial charge in [-0.05, 0) is 52.0 Å². The fourth-order valence-electron chi connectivity index (χ4n) is 1.48. The van der Waals surface area contributed by atoms with Crippen molar-refractivity contribution in [1.82, 2.24) is 5.43 Å². The topological polar surface area (TPSA) is 61.7 Å². The summed E-state index contributed by atoms with van der Waals surface area (Å²) in [7, 11) is 0. The Hall–Kier alpha value is -1.66. The summed E-state index contributed by atoms with van der Waals surface area (Å²) in [5.41, 5.74) is 3.94. The minimum atomic E-state index is -0.266. The van der Waals surface area contributed by atoms with Crippen molar-refractivity contribution < 1.29 is 9.90 Å². The highest BCUT2D eigenvalue weighted by molar-refractivity contribution is 9.10. The molecule has 6 heteroatoms. The fraction of sp³-hybridized carbons (Fsp3) is 0.0769. The van der Waals surface area contributed by atoms with Crippen LogP contribution in [0.2, 0.25) is 0 Å². The normalized spacial score (nSPS) is 10.8. The number of aryl methyl sites for hydroxylation is 1. The molecule has 0 aliphatic heterocycles. The number of carbonyl (C=O) groups is 1. The molecule has 0 saturated heterocycles. The largest absolute Gasteiger partial charge is 0.506 e. The predicted octanol–water partition coefficient (Wildman–Crippen LogP) is 3.29. The van der Waals surface area contributed by atoms with Gasteiger partial charge >= 0.3 is 0 Å². The maximum Gasteiger partial charge on any atom is 0.281 e. The second-order valence-electron chi connectivity index (χ2n) is 3.86. The molecule has 1 heterocycles. The van der Waals surface area contributed by atoms with Crippen LogP contribution in [0.15, 0.2) is 39.2 Å². The van der Waals surface area contributed by atoms with Crippen molar-refractivity contribution in [1.29, 1.82) is 0 Å². The van der Waals surface area contributed by atoms with E-state index < -0.39 is 0 Å². The Morgan fingerprint density at radius 3 is 3.00 bits per heavy atom. The molecule has 0 bridgehead atoms. The average molecular weight is 339 g/mol. The summed E-state index contributed by atoms with van der Waals surface area (Å²) in [6, 6.07) is 7.10. The minimum Gasteiger partial charge on any atom is -0.506 e. The standard InChI is InChI=1S/C13H11BrN2O2S/c1-8-5-9(12(17)10(14)6-8)7-15-16-13(18)11-3-2-4-19-11/h2-7,17H,1H3,(H,16,18)/b15-7-. The second-order valence-corrected chi connectivity index (χ2v) is 5.66. The van der Waals surface area contributed by atoms with Crippen molar-refractivity contribution in [2.75, 3.05) is 0 Å². The fourth-order valence-corrected chi connectivity index (χ4v) is 2.69. The Kier molecular flexibility index (Phi) is 4.34. The first-order valence-electron chi connectivity index (χ1n) is 5.44. The number of thiophene rings is 1. The monoisotopic (exact) mass is 338 g/mol. The van der Waals surface area contributed by atoms with Crippen LogP contribution in [0.1, 0.15) is 20.8 Å². The van der Waals surface area contributed by atoms with Crippen LogP contribution < -0.4 is 5.43 Å². The highest BCUT2D eigenvalue weighted by Crippen LogP contribution is 2.28. The van der Waals surface area contributed by atoms with Gasteiger partial charge < -0.3 is 5.11 Å². The molecule has 0 radical (unpaired) electrons. The molecule has 2 rings (SSSR count). The van der Waals surface area contributed by atoms with E-state index in [4.69, 9.17) is 0 Å². The van der Waals surface area contributed by atoms with Crippen molar-refractivity contribution in [2.24, 2.45) is 5.10 Å². The van der Waals surface area contributed by atoms with E-state index in [-0.39, 0.29) is 11.7 Å². The molecule has 0 aliphatic rings. The number of phenolic OH excluding ortho intramolecular Hbond substituents is 1. The maximum atomic E-state index is 11.6. The van der Waals surface area contributed by atoms with Gasteiger partial charge in [0.25, 0.3) is 5.91 Å². The number of benzene rings is 1. The average Bonchev–Trinajstić information content (AvgIpc) is 2.88. The van der Waals surface area contributed by atoms with Gasteiger partial charge in [0.05, 0.1) is 15.6 Å². The molecule has 0 saturated carbocycles. The highest BCUT2D eigenvalue weighted by Gasteiger charge is 2.06. The molecule has 2 aromatic rings. The van der Waals surface area contributed by atoms with Crippen LogP contribution in [0.5, 0.6) is 5.75 Å². The Morgan fingerprint density at radius 2 is 2.32 bits per heavy atom. The Labute approximate surface area is 122 Å². The first-order chi connectivity index (χ1) is 9.08. The first kappa shape index (κ1) is 13.8. The number of hydrogen-bond acceptors (Lipinski definition) is 4. The number of carbonyl (C=O) groups excluding carboxylic acids is 1. The van der Waals surface area contributed by atoms with E-state index in [1.54, 1.807) is 24.3 Å². The molecule has 0 atom stereocenters. The van der Waals surface area contributed by atoms with E-state index in [2.05, 4.69) is 26.5 Å². The maximum absolute atomic E-state index is 11.6. The molecule has 19 heavy (non-hydrogen) atoms. The van der Waals surface area contributed by atoms with Crippen LogP contribution >= 0.6 is 27.3 Å². The van der Waals surface area contributed by atoms with Gasteiger partial charge in [-0.25, -0.2) is 5.43 Å². The molecular weight excluding hydrogens is 328 g/mol. The van der Waals surface area contributed by atoms with Gasteiger partial charge in [0, 0.05) is 5.56 Å². The zero-order valence-electron chi connectivity index (χ0n) is 10.1.